The van der Waals surface area contributed by atoms with Crippen LogP contribution in [-0.4, -0.2) is 27.5 Å². The van der Waals surface area contributed by atoms with Gasteiger partial charge in [0.1, 0.15) is 0 Å². The Balaban J connectivity index is 0.000000236. The van der Waals surface area contributed by atoms with E-state index in [-0.39, 0.29) is 25.1 Å². The molecule has 0 spiro atoms. The second kappa shape index (κ2) is 10.3. The van der Waals surface area contributed by atoms with Crippen molar-refractivity contribution in [2.75, 3.05) is 0 Å². The van der Waals surface area contributed by atoms with Gasteiger partial charge in [0.15, 0.2) is 5.03 Å². The van der Waals surface area contributed by atoms with Crippen LogP contribution in [-0.2, 0) is 37.3 Å². The van der Waals surface area contributed by atoms with E-state index in [9.17, 15) is 8.42 Å². The Hall–Kier alpha value is -4.20. The molecule has 0 atom stereocenters. The molecule has 0 fully saturated rings. The molecule has 8 rings (SSSR count). The van der Waals surface area contributed by atoms with Gasteiger partial charge in [0.05, 0.1) is 5.52 Å². The van der Waals surface area contributed by atoms with Crippen LogP contribution in [0.4, 0.5) is 0 Å². The van der Waals surface area contributed by atoms with Gasteiger partial charge in [-0.25, -0.2) is 4.98 Å². The maximum atomic E-state index is 10.3. The molecule has 6 nitrogen and oxygen atoms in total. The fourth-order valence-corrected chi connectivity index (χ4v) is 6.01. The molecule has 203 valence electrons. The van der Waals surface area contributed by atoms with Gasteiger partial charge in [0.25, 0.3) is 0 Å². The molecular formula is C33H22IrN3O3S-. The van der Waals surface area contributed by atoms with E-state index < -0.39 is 10.1 Å². The van der Waals surface area contributed by atoms with Crippen molar-refractivity contribution in [3.8, 4) is 33.5 Å². The van der Waals surface area contributed by atoms with E-state index >= 15 is 0 Å². The zero-order chi connectivity index (χ0) is 27.4. The number of fused-ring (bicyclic) bond motifs is 6. The number of hydrogen-bond donors (Lipinski definition) is 1. The molecule has 1 radical (unpaired) electrons. The molecule has 7 aromatic rings. The van der Waals surface area contributed by atoms with Crippen molar-refractivity contribution < 1.29 is 33.1 Å². The molecule has 4 aromatic carbocycles. The van der Waals surface area contributed by atoms with Gasteiger partial charge in [-0.15, -0.1) is 23.8 Å². The minimum absolute atomic E-state index is 0. The summed E-state index contributed by atoms with van der Waals surface area (Å²) in [6.07, 6.45) is 1.29. The summed E-state index contributed by atoms with van der Waals surface area (Å²) >= 11 is 0. The van der Waals surface area contributed by atoms with Crippen LogP contribution in [0.5, 0.6) is 0 Å². The Kier molecular flexibility index (Phi) is 6.80. The largest absolute Gasteiger partial charge is 0.383 e. The average Bonchev–Trinajstić information content (AvgIpc) is 3.46. The van der Waals surface area contributed by atoms with Gasteiger partial charge in [-0.1, -0.05) is 72.1 Å². The first-order valence-corrected chi connectivity index (χ1v) is 14.2. The summed E-state index contributed by atoms with van der Waals surface area (Å²) in [5, 5.41) is 3.45. The maximum Gasteiger partial charge on any atom is 0.312 e. The van der Waals surface area contributed by atoms with Crippen molar-refractivity contribution in [1.29, 1.82) is 0 Å². The Morgan fingerprint density at radius 1 is 0.756 bits per heavy atom. The third kappa shape index (κ3) is 4.55. The van der Waals surface area contributed by atoms with Crippen molar-refractivity contribution >= 4 is 42.8 Å². The van der Waals surface area contributed by atoms with Crippen LogP contribution in [0.15, 0.2) is 114 Å². The summed E-state index contributed by atoms with van der Waals surface area (Å²) in [5.41, 5.74) is 10.6. The SMILES string of the molecule is Cn1c2c[c-]c(-c3cc4c5c(cccc5n3)-c3ccccc3-4)cc2c2ccccc21.O=S(=O)(O)c1ccccn1.[Ir]. The molecule has 0 unspecified atom stereocenters. The maximum absolute atomic E-state index is 10.3. The smallest absolute Gasteiger partial charge is 0.312 e. The summed E-state index contributed by atoms with van der Waals surface area (Å²) in [4.78, 5) is 8.46. The molecule has 0 saturated carbocycles. The molecule has 0 saturated heterocycles. The molecule has 41 heavy (non-hydrogen) atoms. The fourth-order valence-electron chi connectivity index (χ4n) is 5.56. The van der Waals surface area contributed by atoms with Gasteiger partial charge in [-0.2, -0.15) is 8.42 Å². The summed E-state index contributed by atoms with van der Waals surface area (Å²) < 4.78 is 31.3. The van der Waals surface area contributed by atoms with Crippen LogP contribution >= 0.6 is 0 Å². The number of benzene rings is 4. The van der Waals surface area contributed by atoms with Crippen molar-refractivity contribution in [3.63, 3.8) is 0 Å². The van der Waals surface area contributed by atoms with Gasteiger partial charge in [0.2, 0.25) is 0 Å². The first-order valence-electron chi connectivity index (χ1n) is 12.7. The van der Waals surface area contributed by atoms with Gasteiger partial charge < -0.3 is 4.57 Å². The van der Waals surface area contributed by atoms with Gasteiger partial charge >= 0.3 is 10.1 Å². The predicted octanol–water partition coefficient (Wildman–Crippen LogP) is 7.32. The molecular weight excluding hydrogens is 711 g/mol. The van der Waals surface area contributed by atoms with E-state index in [1.807, 2.05) is 0 Å². The Morgan fingerprint density at radius 3 is 2.20 bits per heavy atom. The molecule has 3 aromatic heterocycles. The van der Waals surface area contributed by atoms with E-state index in [1.165, 1.54) is 67.8 Å². The standard InChI is InChI=1S/C28H17N2.C5H5NO3S.Ir/c1-30-26-12-5-4-9-20(26)22-15-17(13-14-27(22)30)25-16-23-19-8-3-2-7-18(19)21-10-6-11-24(29-25)28(21)23;7-10(8,9)5-3-1-2-4-6-5;/h2-12,14-16H,1H3;1-4H,(H,7,8,9);/q-1;;. The monoisotopic (exact) mass is 733 g/mol. The summed E-state index contributed by atoms with van der Waals surface area (Å²) in [6.45, 7) is 0. The average molecular weight is 733 g/mol. The molecule has 1 N–H and O–H groups in total. The van der Waals surface area contributed by atoms with Crippen molar-refractivity contribution in [2.45, 2.75) is 5.03 Å². The molecule has 0 aliphatic heterocycles. The second-order valence-corrected chi connectivity index (χ2v) is 11.0. The zero-order valence-electron chi connectivity index (χ0n) is 21.7. The second-order valence-electron chi connectivity index (χ2n) is 9.67. The van der Waals surface area contributed by atoms with E-state index in [4.69, 9.17) is 9.54 Å². The Labute approximate surface area is 250 Å². The molecule has 8 heteroatoms. The van der Waals surface area contributed by atoms with Crippen LogP contribution < -0.4 is 0 Å². The van der Waals surface area contributed by atoms with Crippen LogP contribution in [0.2, 0.25) is 0 Å². The number of aryl methyl sites for hydroxylation is 1. The normalized spacial score (nSPS) is 11.7. The quantitative estimate of drug-likeness (QED) is 0.149. The molecule has 0 bridgehead atoms. The number of rotatable bonds is 2. The van der Waals surface area contributed by atoms with Gasteiger partial charge in [-0.05, 0) is 63.1 Å². The summed E-state index contributed by atoms with van der Waals surface area (Å²) in [7, 11) is -2.00. The number of para-hydroxylation sites is 1. The molecule has 0 amide bonds. The summed E-state index contributed by atoms with van der Waals surface area (Å²) in [5.74, 6) is 0. The summed E-state index contributed by atoms with van der Waals surface area (Å²) in [6, 6.07) is 38.0. The fraction of sp³-hybridized carbons (Fsp3) is 0.0303. The predicted molar refractivity (Wildman–Crippen MR) is 158 cm³/mol. The minimum atomic E-state index is -4.11. The number of hydrogen-bond acceptors (Lipinski definition) is 4. The third-order valence-corrected chi connectivity index (χ3v) is 8.14. The van der Waals surface area contributed by atoms with E-state index in [2.05, 4.69) is 108 Å². The number of aromatic nitrogens is 3. The van der Waals surface area contributed by atoms with Crippen LogP contribution in [0.3, 0.4) is 0 Å². The van der Waals surface area contributed by atoms with Crippen molar-refractivity contribution in [1.82, 2.24) is 14.5 Å². The number of nitrogens with zero attached hydrogens (tertiary/aromatic N) is 3. The Bertz CT molecular complexity index is 2210. The van der Waals surface area contributed by atoms with E-state index in [0.717, 1.165) is 16.8 Å². The van der Waals surface area contributed by atoms with E-state index in [0.29, 0.717) is 0 Å². The van der Waals surface area contributed by atoms with E-state index in [1.54, 1.807) is 6.07 Å². The first kappa shape index (κ1) is 27.0. The van der Waals surface area contributed by atoms with Crippen molar-refractivity contribution in [3.05, 3.63) is 115 Å². The molecule has 3 heterocycles. The molecule has 1 aliphatic rings. The van der Waals surface area contributed by atoms with Crippen LogP contribution in [0.1, 0.15) is 0 Å². The van der Waals surface area contributed by atoms with Gasteiger partial charge in [-0.3, -0.25) is 9.54 Å². The Morgan fingerprint density at radius 2 is 1.46 bits per heavy atom. The van der Waals surface area contributed by atoms with Crippen LogP contribution in [0, 0.1) is 6.07 Å². The van der Waals surface area contributed by atoms with Crippen LogP contribution in [0.25, 0.3) is 66.2 Å². The minimum Gasteiger partial charge on any atom is -0.383 e. The van der Waals surface area contributed by atoms with Crippen molar-refractivity contribution in [2.24, 2.45) is 7.05 Å². The van der Waals surface area contributed by atoms with Gasteiger partial charge in [0, 0.05) is 44.3 Å². The third-order valence-electron chi connectivity index (χ3n) is 7.37. The zero-order valence-corrected chi connectivity index (χ0v) is 25.0. The topological polar surface area (TPSA) is 85.1 Å². The number of pyridine rings is 2. The molecule has 1 aliphatic carbocycles. The first-order chi connectivity index (χ1) is 19.4.